The minimum atomic E-state index is -2.86. The lowest BCUT2D eigenvalue weighted by Crippen LogP contribution is -2.39. The summed E-state index contributed by atoms with van der Waals surface area (Å²) in [4.78, 5) is 33.0. The van der Waals surface area contributed by atoms with Crippen LogP contribution in [0.2, 0.25) is 0 Å². The van der Waals surface area contributed by atoms with Gasteiger partial charge in [-0.15, -0.1) is 0 Å². The maximum Gasteiger partial charge on any atom is 0.278 e. The highest BCUT2D eigenvalue weighted by Gasteiger charge is 2.27. The molecule has 2 fully saturated rings. The van der Waals surface area contributed by atoms with Crippen LogP contribution in [0.3, 0.4) is 0 Å². The molecule has 0 saturated heterocycles. The number of nitrogens with one attached hydrogen (secondary N) is 1. The van der Waals surface area contributed by atoms with E-state index in [1.165, 1.54) is 30.2 Å². The monoisotopic (exact) mass is 534 g/mol. The van der Waals surface area contributed by atoms with Gasteiger partial charge in [0.1, 0.15) is 0 Å². The molecular weight excluding hydrogens is 498 g/mol. The summed E-state index contributed by atoms with van der Waals surface area (Å²) < 4.78 is 33.0. The van der Waals surface area contributed by atoms with Crippen LogP contribution in [-0.4, -0.2) is 52.0 Å². The molecule has 0 unspecified atom stereocenters. The zero-order chi connectivity index (χ0) is 26.0. The second-order valence-corrected chi connectivity index (χ2v) is 12.1. The smallest absolute Gasteiger partial charge is 0.278 e. The number of aromatic nitrogens is 2. The number of thiazole rings is 1. The number of halogens is 2. The normalized spacial score (nSPS) is 22.5. The van der Waals surface area contributed by atoms with Gasteiger partial charge in [0.2, 0.25) is 0 Å². The Morgan fingerprint density at radius 2 is 1.97 bits per heavy atom. The van der Waals surface area contributed by atoms with E-state index in [0.29, 0.717) is 22.6 Å². The predicted molar refractivity (Wildman–Crippen MR) is 138 cm³/mol. The fourth-order valence-corrected chi connectivity index (χ4v) is 6.18. The molecule has 37 heavy (non-hydrogen) atoms. The SMILES string of the molecule is CC(F)(F)COc1nc2c(s1)CCN(CCC1CCC(NC(=O)c3ccn(CC4CC4)c(=O)c3)CC1)C2. The summed E-state index contributed by atoms with van der Waals surface area (Å²) in [6.07, 6.45) is 10.2. The Morgan fingerprint density at radius 1 is 1.22 bits per heavy atom. The number of carbonyl (C=O) groups excluding carboxylic acids is 1. The number of hydrogen-bond acceptors (Lipinski definition) is 6. The summed E-state index contributed by atoms with van der Waals surface area (Å²) in [5, 5.41) is 3.47. The molecule has 0 bridgehead atoms. The van der Waals surface area contributed by atoms with E-state index in [4.69, 9.17) is 4.74 Å². The summed E-state index contributed by atoms with van der Waals surface area (Å²) in [6.45, 7) is 3.63. The van der Waals surface area contributed by atoms with E-state index in [-0.39, 0.29) is 17.5 Å². The van der Waals surface area contributed by atoms with Crippen LogP contribution >= 0.6 is 11.3 Å². The third-order valence-corrected chi connectivity index (χ3v) is 8.75. The van der Waals surface area contributed by atoms with Crippen molar-refractivity contribution in [3.8, 4) is 5.19 Å². The van der Waals surface area contributed by atoms with Gasteiger partial charge in [0.25, 0.3) is 22.6 Å². The van der Waals surface area contributed by atoms with Crippen LogP contribution in [0.4, 0.5) is 8.78 Å². The fourth-order valence-electron chi connectivity index (χ4n) is 5.28. The zero-order valence-corrected chi connectivity index (χ0v) is 22.2. The Labute approximate surface area is 220 Å². The first kappa shape index (κ1) is 26.3. The highest BCUT2D eigenvalue weighted by molar-refractivity contribution is 7.13. The van der Waals surface area contributed by atoms with Gasteiger partial charge in [-0.3, -0.25) is 14.5 Å². The fraction of sp³-hybridized carbons (Fsp3) is 0.667. The minimum Gasteiger partial charge on any atom is -0.464 e. The summed E-state index contributed by atoms with van der Waals surface area (Å²) >= 11 is 1.39. The van der Waals surface area contributed by atoms with Crippen LogP contribution in [0, 0.1) is 11.8 Å². The molecule has 2 aromatic heterocycles. The van der Waals surface area contributed by atoms with Crippen molar-refractivity contribution in [2.24, 2.45) is 11.8 Å². The Morgan fingerprint density at radius 3 is 2.68 bits per heavy atom. The maximum absolute atomic E-state index is 13.1. The van der Waals surface area contributed by atoms with Crippen molar-refractivity contribution in [2.75, 3.05) is 19.7 Å². The second kappa shape index (κ2) is 11.2. The van der Waals surface area contributed by atoms with Gasteiger partial charge >= 0.3 is 0 Å². The van der Waals surface area contributed by atoms with Crippen molar-refractivity contribution in [3.63, 3.8) is 0 Å². The van der Waals surface area contributed by atoms with Crippen molar-refractivity contribution in [1.82, 2.24) is 19.8 Å². The zero-order valence-electron chi connectivity index (χ0n) is 21.4. The van der Waals surface area contributed by atoms with E-state index in [9.17, 15) is 18.4 Å². The maximum atomic E-state index is 13.1. The first-order valence-electron chi connectivity index (χ1n) is 13.4. The number of carbonyl (C=O) groups is 1. The van der Waals surface area contributed by atoms with E-state index in [1.807, 2.05) is 0 Å². The lowest BCUT2D eigenvalue weighted by Gasteiger charge is -2.32. The largest absolute Gasteiger partial charge is 0.464 e. The molecule has 0 radical (unpaired) electrons. The Balaban J connectivity index is 1.02. The van der Waals surface area contributed by atoms with Crippen molar-refractivity contribution in [2.45, 2.75) is 83.3 Å². The van der Waals surface area contributed by atoms with Gasteiger partial charge in [-0.2, -0.15) is 0 Å². The molecule has 1 amide bonds. The van der Waals surface area contributed by atoms with Crippen LogP contribution in [0.15, 0.2) is 23.1 Å². The van der Waals surface area contributed by atoms with E-state index >= 15 is 0 Å². The molecule has 202 valence electrons. The Hall–Kier alpha value is -2.33. The average Bonchev–Trinajstić information content (AvgIpc) is 3.59. The number of pyridine rings is 1. The summed E-state index contributed by atoms with van der Waals surface area (Å²) in [5.41, 5.74) is 1.30. The van der Waals surface area contributed by atoms with Crippen molar-refractivity contribution < 1.29 is 18.3 Å². The van der Waals surface area contributed by atoms with E-state index in [1.54, 1.807) is 16.8 Å². The van der Waals surface area contributed by atoms with Gasteiger partial charge in [0.15, 0.2) is 6.61 Å². The first-order chi connectivity index (χ1) is 17.7. The molecule has 0 spiro atoms. The lowest BCUT2D eigenvalue weighted by molar-refractivity contribution is -0.0230. The highest BCUT2D eigenvalue weighted by atomic mass is 32.1. The van der Waals surface area contributed by atoms with Gasteiger partial charge in [0.05, 0.1) is 5.69 Å². The van der Waals surface area contributed by atoms with Crippen molar-refractivity contribution in [3.05, 3.63) is 44.8 Å². The van der Waals surface area contributed by atoms with E-state index < -0.39 is 12.5 Å². The average molecular weight is 535 g/mol. The Kier molecular flexibility index (Phi) is 7.95. The topological polar surface area (TPSA) is 76.5 Å². The number of ether oxygens (including phenoxy) is 1. The third kappa shape index (κ3) is 7.37. The van der Waals surface area contributed by atoms with Crippen molar-refractivity contribution in [1.29, 1.82) is 0 Å². The van der Waals surface area contributed by atoms with Crippen LogP contribution in [0.5, 0.6) is 5.19 Å². The van der Waals surface area contributed by atoms with Crippen molar-refractivity contribution >= 4 is 17.2 Å². The number of hydrogen-bond donors (Lipinski definition) is 1. The minimum absolute atomic E-state index is 0.1000. The molecule has 0 aromatic carbocycles. The molecule has 2 aromatic rings. The van der Waals surface area contributed by atoms with Gasteiger partial charge in [-0.05, 0) is 75.8 Å². The third-order valence-electron chi connectivity index (χ3n) is 7.68. The van der Waals surface area contributed by atoms with Crippen LogP contribution < -0.4 is 15.6 Å². The molecule has 3 aliphatic rings. The standard InChI is InChI=1S/C27H36F2N4O3S/c1-27(28,29)17-36-26-31-22-16-32(12-10-23(22)37-26)11-8-18-4-6-21(7-5-18)30-25(35)20-9-13-33(24(34)14-20)15-19-2-3-19/h9,13-14,18-19,21H,2-8,10-12,15-17H2,1H3,(H,30,35). The molecule has 2 aliphatic carbocycles. The predicted octanol–water partition coefficient (Wildman–Crippen LogP) is 4.49. The lowest BCUT2D eigenvalue weighted by atomic mass is 9.84. The molecule has 3 heterocycles. The van der Waals surface area contributed by atoms with E-state index in [2.05, 4.69) is 15.2 Å². The number of nitrogens with zero attached hydrogens (tertiary/aromatic N) is 3. The van der Waals surface area contributed by atoms with Gasteiger partial charge in [0, 0.05) is 55.3 Å². The van der Waals surface area contributed by atoms with Crippen LogP contribution in [0.1, 0.15) is 72.8 Å². The van der Waals surface area contributed by atoms with Gasteiger partial charge < -0.3 is 14.6 Å². The number of rotatable bonds is 10. The summed E-state index contributed by atoms with van der Waals surface area (Å²) in [7, 11) is 0. The molecule has 2 saturated carbocycles. The van der Waals surface area contributed by atoms with Crippen LogP contribution in [0.25, 0.3) is 0 Å². The first-order valence-corrected chi connectivity index (χ1v) is 14.3. The van der Waals surface area contributed by atoms with Crippen LogP contribution in [-0.2, 0) is 19.5 Å². The molecule has 1 aliphatic heterocycles. The molecule has 1 N–H and O–H groups in total. The quantitative estimate of drug-likeness (QED) is 0.486. The van der Waals surface area contributed by atoms with E-state index in [0.717, 1.165) is 82.2 Å². The van der Waals surface area contributed by atoms with Gasteiger partial charge in [-0.25, -0.2) is 13.8 Å². The molecule has 5 rings (SSSR count). The molecular formula is C27H36F2N4O3S. The van der Waals surface area contributed by atoms with Gasteiger partial charge in [-0.1, -0.05) is 11.3 Å². The summed E-state index contributed by atoms with van der Waals surface area (Å²) in [5.74, 6) is -1.77. The summed E-state index contributed by atoms with van der Waals surface area (Å²) in [6, 6.07) is 3.37. The Bertz CT molecular complexity index is 1150. The molecule has 10 heteroatoms. The molecule has 0 atom stereocenters. The molecule has 7 nitrogen and oxygen atoms in total. The second-order valence-electron chi connectivity index (χ2n) is 11.1. The number of alkyl halides is 2. The highest BCUT2D eigenvalue weighted by Crippen LogP contribution is 2.32. The number of fused-ring (bicyclic) bond motifs is 1. The number of amides is 1.